The molecule has 0 N–H and O–H groups in total. The van der Waals surface area contributed by atoms with Gasteiger partial charge in [0.25, 0.3) is 0 Å². The van der Waals surface area contributed by atoms with Crippen molar-refractivity contribution in [3.63, 3.8) is 0 Å². The molecular weight excluding hydrogens is 269 g/mol. The van der Waals surface area contributed by atoms with Gasteiger partial charge in [0.1, 0.15) is 11.2 Å². The molecule has 0 saturated heterocycles. The molecule has 1 unspecified atom stereocenters. The fourth-order valence-electron chi connectivity index (χ4n) is 2.49. The Morgan fingerprint density at radius 1 is 1.35 bits per heavy atom. The molecule has 0 fully saturated rings. The minimum absolute atomic E-state index is 0.501. The van der Waals surface area contributed by atoms with Crippen molar-refractivity contribution in [1.82, 2.24) is 0 Å². The molecule has 0 amide bonds. The molecule has 2 nitrogen and oxygen atoms in total. The van der Waals surface area contributed by atoms with Crippen LogP contribution in [0.1, 0.15) is 30.9 Å². The van der Waals surface area contributed by atoms with E-state index in [0.29, 0.717) is 6.42 Å². The summed E-state index contributed by atoms with van der Waals surface area (Å²) in [7, 11) is 0. The number of halogens is 3. The van der Waals surface area contributed by atoms with Crippen LogP contribution in [-0.4, -0.2) is 12.1 Å². The lowest BCUT2D eigenvalue weighted by Gasteiger charge is -2.35. The van der Waals surface area contributed by atoms with E-state index >= 15 is 0 Å². The lowest BCUT2D eigenvalue weighted by Crippen LogP contribution is -2.35. The van der Waals surface area contributed by atoms with Gasteiger partial charge in [0.2, 0.25) is 0 Å². The van der Waals surface area contributed by atoms with E-state index in [1.165, 1.54) is 0 Å². The van der Waals surface area contributed by atoms with Crippen LogP contribution in [0.4, 0.5) is 13.2 Å². The molecule has 0 aliphatic heterocycles. The Morgan fingerprint density at radius 2 is 2.00 bits per heavy atom. The van der Waals surface area contributed by atoms with Gasteiger partial charge >= 0.3 is 12.1 Å². The van der Waals surface area contributed by atoms with Gasteiger partial charge in [-0.3, -0.25) is 0 Å². The number of carbonyl (C=O) groups is 1. The number of rotatable bonds is 2. The second kappa shape index (κ2) is 4.96. The Balaban J connectivity index is 2.26. The van der Waals surface area contributed by atoms with E-state index in [2.05, 4.69) is 6.58 Å². The van der Waals surface area contributed by atoms with E-state index in [4.69, 9.17) is 4.74 Å². The zero-order chi connectivity index (χ0) is 15.0. The van der Waals surface area contributed by atoms with Crippen LogP contribution in [0.5, 0.6) is 0 Å². The number of carbonyl (C=O) groups excluding carboxylic acids is 1. The monoisotopic (exact) mass is 284 g/mol. The summed E-state index contributed by atoms with van der Waals surface area (Å²) < 4.78 is 42.6. The average molecular weight is 284 g/mol. The summed E-state index contributed by atoms with van der Waals surface area (Å²) in [5.74, 6) is -1.41. The number of hydrogen-bond donors (Lipinski definition) is 0. The standard InChI is InChI=1S/C15H15F3O2/c1-10(15(16,17)18)13(19)20-14(2)9-5-7-11-6-3-4-8-12(11)14/h3-4,6,8H,1,5,7,9H2,2H3. The van der Waals surface area contributed by atoms with Gasteiger partial charge in [-0.15, -0.1) is 0 Å². The van der Waals surface area contributed by atoms with Crippen LogP contribution in [0.15, 0.2) is 36.4 Å². The topological polar surface area (TPSA) is 26.3 Å². The van der Waals surface area contributed by atoms with Crippen LogP contribution >= 0.6 is 0 Å². The molecule has 0 heterocycles. The van der Waals surface area contributed by atoms with Crippen molar-refractivity contribution in [3.8, 4) is 0 Å². The summed E-state index contributed by atoms with van der Waals surface area (Å²) >= 11 is 0. The lowest BCUT2D eigenvalue weighted by molar-refractivity contribution is -0.165. The van der Waals surface area contributed by atoms with E-state index in [1.807, 2.05) is 12.1 Å². The average Bonchev–Trinajstić information content (AvgIpc) is 2.37. The molecule has 1 aliphatic carbocycles. The molecule has 1 atom stereocenters. The van der Waals surface area contributed by atoms with Crippen LogP contribution in [0.2, 0.25) is 0 Å². The van der Waals surface area contributed by atoms with Crippen LogP contribution < -0.4 is 0 Å². The Bertz CT molecular complexity index is 548. The highest BCUT2D eigenvalue weighted by Crippen LogP contribution is 2.39. The van der Waals surface area contributed by atoms with Crippen molar-refractivity contribution in [2.75, 3.05) is 0 Å². The molecule has 1 aliphatic rings. The Kier molecular flexibility index (Phi) is 3.63. The van der Waals surface area contributed by atoms with Gasteiger partial charge < -0.3 is 4.74 Å². The number of esters is 1. The van der Waals surface area contributed by atoms with Crippen molar-refractivity contribution in [3.05, 3.63) is 47.5 Å². The minimum Gasteiger partial charge on any atom is -0.451 e. The molecular formula is C15H15F3O2. The van der Waals surface area contributed by atoms with Crippen molar-refractivity contribution < 1.29 is 22.7 Å². The molecule has 0 spiro atoms. The highest BCUT2D eigenvalue weighted by molar-refractivity contribution is 5.89. The lowest BCUT2D eigenvalue weighted by atomic mass is 9.80. The maximum atomic E-state index is 12.5. The third kappa shape index (κ3) is 2.71. The first-order valence-electron chi connectivity index (χ1n) is 6.32. The molecule has 0 radical (unpaired) electrons. The van der Waals surface area contributed by atoms with Crippen molar-refractivity contribution in [1.29, 1.82) is 0 Å². The second-order valence-electron chi connectivity index (χ2n) is 5.11. The summed E-state index contributed by atoms with van der Waals surface area (Å²) in [5, 5.41) is 0. The molecule has 0 aromatic heterocycles. The van der Waals surface area contributed by atoms with E-state index < -0.39 is 23.3 Å². The van der Waals surface area contributed by atoms with Gasteiger partial charge in [0.15, 0.2) is 0 Å². The highest BCUT2D eigenvalue weighted by Gasteiger charge is 2.42. The van der Waals surface area contributed by atoms with Gasteiger partial charge in [-0.25, -0.2) is 4.79 Å². The SMILES string of the molecule is C=C(C(=O)OC1(C)CCCc2ccccc21)C(F)(F)F. The molecule has 108 valence electrons. The van der Waals surface area contributed by atoms with Crippen molar-refractivity contribution in [2.24, 2.45) is 0 Å². The van der Waals surface area contributed by atoms with Crippen LogP contribution in [0.25, 0.3) is 0 Å². The smallest absolute Gasteiger partial charge is 0.422 e. The van der Waals surface area contributed by atoms with E-state index in [9.17, 15) is 18.0 Å². The first kappa shape index (κ1) is 14.6. The third-order valence-corrected chi connectivity index (χ3v) is 3.59. The quantitative estimate of drug-likeness (QED) is 0.608. The van der Waals surface area contributed by atoms with Crippen molar-refractivity contribution >= 4 is 5.97 Å². The zero-order valence-corrected chi connectivity index (χ0v) is 11.1. The van der Waals surface area contributed by atoms with Gasteiger partial charge in [-0.2, -0.15) is 13.2 Å². The van der Waals surface area contributed by atoms with Crippen LogP contribution in [0.3, 0.4) is 0 Å². The summed E-state index contributed by atoms with van der Waals surface area (Å²) in [4.78, 5) is 11.6. The first-order valence-corrected chi connectivity index (χ1v) is 6.32. The molecule has 1 aromatic carbocycles. The largest absolute Gasteiger partial charge is 0.451 e. The number of hydrogen-bond acceptors (Lipinski definition) is 2. The van der Waals surface area contributed by atoms with Gasteiger partial charge in [-0.1, -0.05) is 30.8 Å². The molecule has 0 bridgehead atoms. The summed E-state index contributed by atoms with van der Waals surface area (Å²) in [6, 6.07) is 7.34. The molecule has 2 rings (SSSR count). The predicted octanol–water partition coefficient (Wildman–Crippen LogP) is 3.90. The highest BCUT2D eigenvalue weighted by atomic mass is 19.4. The fourth-order valence-corrected chi connectivity index (χ4v) is 2.49. The predicted molar refractivity (Wildman–Crippen MR) is 68.0 cm³/mol. The number of alkyl halides is 3. The summed E-state index contributed by atoms with van der Waals surface area (Å²) in [6.45, 7) is 4.42. The second-order valence-corrected chi connectivity index (χ2v) is 5.11. The zero-order valence-electron chi connectivity index (χ0n) is 11.1. The molecule has 20 heavy (non-hydrogen) atoms. The maximum Gasteiger partial charge on any atom is 0.422 e. The van der Waals surface area contributed by atoms with E-state index in [0.717, 1.165) is 24.0 Å². The minimum atomic E-state index is -4.76. The summed E-state index contributed by atoms with van der Waals surface area (Å²) in [5.41, 5.74) is -0.719. The van der Waals surface area contributed by atoms with E-state index in [-0.39, 0.29) is 0 Å². The molecule has 5 heteroatoms. The van der Waals surface area contributed by atoms with E-state index in [1.54, 1.807) is 19.1 Å². The van der Waals surface area contributed by atoms with Crippen LogP contribution in [-0.2, 0) is 21.6 Å². The molecule has 0 saturated carbocycles. The fraction of sp³-hybridized carbons (Fsp3) is 0.400. The third-order valence-electron chi connectivity index (χ3n) is 3.59. The Labute approximate surface area is 115 Å². The normalized spacial score (nSPS) is 22.0. The van der Waals surface area contributed by atoms with Crippen LogP contribution in [0, 0.1) is 0 Å². The maximum absolute atomic E-state index is 12.5. The number of benzene rings is 1. The summed E-state index contributed by atoms with van der Waals surface area (Å²) in [6.07, 6.45) is -2.66. The Morgan fingerprint density at radius 3 is 2.65 bits per heavy atom. The number of ether oxygens (including phenoxy) is 1. The van der Waals surface area contributed by atoms with Crippen molar-refractivity contribution in [2.45, 2.75) is 38.0 Å². The first-order chi connectivity index (χ1) is 9.24. The Hall–Kier alpha value is -1.78. The van der Waals surface area contributed by atoms with Gasteiger partial charge in [-0.05, 0) is 37.3 Å². The van der Waals surface area contributed by atoms with Gasteiger partial charge in [0.05, 0.1) is 0 Å². The number of aryl methyl sites for hydroxylation is 1. The van der Waals surface area contributed by atoms with Gasteiger partial charge in [0, 0.05) is 0 Å². The number of fused-ring (bicyclic) bond motifs is 1. The molecule has 1 aromatic rings.